The maximum atomic E-state index is 12.4. The van der Waals surface area contributed by atoms with Crippen molar-refractivity contribution in [3.63, 3.8) is 0 Å². The van der Waals surface area contributed by atoms with E-state index < -0.39 is 0 Å². The molecule has 0 saturated carbocycles. The maximum absolute atomic E-state index is 12.4. The Morgan fingerprint density at radius 3 is 2.24 bits per heavy atom. The quantitative estimate of drug-likeness (QED) is 0.168. The van der Waals surface area contributed by atoms with Crippen LogP contribution in [0.4, 0.5) is 0 Å². The molecule has 0 aliphatic carbocycles. The Bertz CT molecular complexity index is 1400. The van der Waals surface area contributed by atoms with Gasteiger partial charge in [0.05, 0.1) is 27.1 Å². The van der Waals surface area contributed by atoms with Gasteiger partial charge in [-0.25, -0.2) is 5.43 Å². The van der Waals surface area contributed by atoms with E-state index in [-0.39, 0.29) is 11.7 Å². The van der Waals surface area contributed by atoms with Gasteiger partial charge in [-0.15, -0.1) is 10.2 Å². The van der Waals surface area contributed by atoms with E-state index >= 15 is 0 Å². The van der Waals surface area contributed by atoms with Gasteiger partial charge in [-0.1, -0.05) is 66.4 Å². The van der Waals surface area contributed by atoms with Crippen molar-refractivity contribution in [2.45, 2.75) is 5.16 Å². The fourth-order valence-corrected chi connectivity index (χ4v) is 4.35. The molecule has 0 atom stereocenters. The minimum Gasteiger partial charge on any atom is -0.493 e. The number of thioether (sulfide) groups is 1. The molecule has 0 saturated heterocycles. The Labute approximate surface area is 225 Å². The van der Waals surface area contributed by atoms with Crippen LogP contribution in [0.1, 0.15) is 5.56 Å². The first kappa shape index (κ1) is 26.5. The number of benzene rings is 3. The molecule has 38 heavy (non-hydrogen) atoms. The number of carbonyl (C=O) groups is 1. The van der Waals surface area contributed by atoms with Crippen LogP contribution in [0.5, 0.6) is 17.2 Å². The lowest BCUT2D eigenvalue weighted by molar-refractivity contribution is -0.118. The van der Waals surface area contributed by atoms with E-state index in [1.807, 2.05) is 83.4 Å². The molecule has 0 radical (unpaired) electrons. The van der Waals surface area contributed by atoms with Gasteiger partial charge in [0.25, 0.3) is 5.91 Å². The fraction of sp³-hybridized carbons (Fsp3) is 0.143. The van der Waals surface area contributed by atoms with Crippen LogP contribution in [0.25, 0.3) is 23.2 Å². The number of hydrogen-bond acceptors (Lipinski definition) is 8. The second-order valence-electron chi connectivity index (χ2n) is 7.76. The molecule has 0 unspecified atom stereocenters. The van der Waals surface area contributed by atoms with Crippen molar-refractivity contribution in [2.24, 2.45) is 5.10 Å². The topological polar surface area (TPSA) is 99.9 Å². The highest BCUT2D eigenvalue weighted by Crippen LogP contribution is 2.41. The lowest BCUT2D eigenvalue weighted by Crippen LogP contribution is -2.19. The Morgan fingerprint density at radius 2 is 1.61 bits per heavy atom. The second kappa shape index (κ2) is 13.1. The zero-order valence-corrected chi connectivity index (χ0v) is 22.0. The SMILES string of the molecule is COc1cc(-c2nnc(SCC(=O)NN=CC=Cc3ccccc3)n2-c2ccccc2)cc(OC)c1OC. The van der Waals surface area contributed by atoms with Crippen LogP contribution < -0.4 is 19.6 Å². The van der Waals surface area contributed by atoms with Crippen molar-refractivity contribution < 1.29 is 19.0 Å². The number of aromatic nitrogens is 3. The molecular formula is C28H27N5O4S. The molecule has 1 N–H and O–H groups in total. The summed E-state index contributed by atoms with van der Waals surface area (Å²) in [5.74, 6) is 1.86. The monoisotopic (exact) mass is 529 g/mol. The molecule has 10 heteroatoms. The maximum Gasteiger partial charge on any atom is 0.250 e. The highest BCUT2D eigenvalue weighted by Gasteiger charge is 2.21. The predicted molar refractivity (Wildman–Crippen MR) is 149 cm³/mol. The van der Waals surface area contributed by atoms with Gasteiger partial charge >= 0.3 is 0 Å². The van der Waals surface area contributed by atoms with E-state index in [1.54, 1.807) is 27.4 Å². The van der Waals surface area contributed by atoms with E-state index in [0.29, 0.717) is 33.8 Å². The molecule has 3 aromatic carbocycles. The molecule has 1 heterocycles. The average Bonchev–Trinajstić information content (AvgIpc) is 3.40. The third kappa shape index (κ3) is 6.40. The lowest BCUT2D eigenvalue weighted by atomic mass is 10.1. The van der Waals surface area contributed by atoms with Crippen LogP contribution >= 0.6 is 11.8 Å². The minimum absolute atomic E-state index is 0.0972. The summed E-state index contributed by atoms with van der Waals surface area (Å²) < 4.78 is 18.4. The molecule has 9 nitrogen and oxygen atoms in total. The highest BCUT2D eigenvalue weighted by molar-refractivity contribution is 7.99. The van der Waals surface area contributed by atoms with Crippen molar-refractivity contribution >= 4 is 30.0 Å². The summed E-state index contributed by atoms with van der Waals surface area (Å²) in [5, 5.41) is 13.3. The molecule has 0 aliphatic rings. The number of hydrogen-bond donors (Lipinski definition) is 1. The summed E-state index contributed by atoms with van der Waals surface area (Å²) in [4.78, 5) is 12.4. The van der Waals surface area contributed by atoms with Crippen molar-refractivity contribution in [2.75, 3.05) is 27.1 Å². The van der Waals surface area contributed by atoms with E-state index in [4.69, 9.17) is 14.2 Å². The van der Waals surface area contributed by atoms with Crippen molar-refractivity contribution in [1.82, 2.24) is 20.2 Å². The summed E-state index contributed by atoms with van der Waals surface area (Å²) in [7, 11) is 4.67. The first-order valence-corrected chi connectivity index (χ1v) is 12.6. The number of nitrogens with zero attached hydrogens (tertiary/aromatic N) is 4. The van der Waals surface area contributed by atoms with Gasteiger partial charge in [0.15, 0.2) is 22.5 Å². The third-order valence-corrected chi connectivity index (χ3v) is 6.27. The molecule has 4 aromatic rings. The molecule has 0 bridgehead atoms. The smallest absolute Gasteiger partial charge is 0.250 e. The van der Waals surface area contributed by atoms with Crippen LogP contribution in [-0.4, -0.2) is 54.0 Å². The largest absolute Gasteiger partial charge is 0.493 e. The lowest BCUT2D eigenvalue weighted by Gasteiger charge is -2.15. The fourth-order valence-electron chi connectivity index (χ4n) is 3.60. The van der Waals surface area contributed by atoms with Crippen molar-refractivity contribution in [1.29, 1.82) is 0 Å². The zero-order valence-electron chi connectivity index (χ0n) is 21.2. The molecule has 0 aliphatic heterocycles. The number of ether oxygens (including phenoxy) is 3. The summed E-state index contributed by atoms with van der Waals surface area (Å²) in [5.41, 5.74) is 5.13. The predicted octanol–water partition coefficient (Wildman–Crippen LogP) is 4.87. The minimum atomic E-state index is -0.267. The van der Waals surface area contributed by atoms with Crippen LogP contribution in [0, 0.1) is 0 Å². The molecular weight excluding hydrogens is 502 g/mol. The Balaban J connectivity index is 1.54. The van der Waals surface area contributed by atoms with E-state index in [2.05, 4.69) is 20.7 Å². The summed E-state index contributed by atoms with van der Waals surface area (Å²) >= 11 is 1.25. The van der Waals surface area contributed by atoms with Gasteiger partial charge in [0.2, 0.25) is 5.75 Å². The van der Waals surface area contributed by atoms with Gasteiger partial charge in [-0.2, -0.15) is 5.10 Å². The van der Waals surface area contributed by atoms with Gasteiger partial charge in [0.1, 0.15) is 0 Å². The second-order valence-corrected chi connectivity index (χ2v) is 8.71. The van der Waals surface area contributed by atoms with Crippen LogP contribution in [0.15, 0.2) is 89.1 Å². The number of amides is 1. The van der Waals surface area contributed by atoms with Gasteiger partial charge in [-0.05, 0) is 35.9 Å². The standard InChI is InChI=1S/C28H27N5O4S/c1-35-23-17-21(18-24(36-2)26(23)37-3)27-31-32-28(33(27)22-14-8-5-9-15-22)38-19-25(34)30-29-16-10-13-20-11-6-4-7-12-20/h4-18H,19H2,1-3H3,(H,30,34). The molecule has 4 rings (SSSR count). The summed E-state index contributed by atoms with van der Waals surface area (Å²) in [6.07, 6.45) is 5.19. The van der Waals surface area contributed by atoms with Crippen LogP contribution in [-0.2, 0) is 4.79 Å². The summed E-state index contributed by atoms with van der Waals surface area (Å²) in [6.45, 7) is 0. The van der Waals surface area contributed by atoms with Crippen LogP contribution in [0.2, 0.25) is 0 Å². The first-order valence-electron chi connectivity index (χ1n) is 11.6. The Hall–Kier alpha value is -4.57. The van der Waals surface area contributed by atoms with Gasteiger partial charge in [-0.3, -0.25) is 9.36 Å². The van der Waals surface area contributed by atoms with E-state index in [1.165, 1.54) is 18.0 Å². The van der Waals surface area contributed by atoms with Crippen molar-refractivity contribution in [3.8, 4) is 34.3 Å². The molecule has 1 aromatic heterocycles. The first-order chi connectivity index (χ1) is 18.6. The summed E-state index contributed by atoms with van der Waals surface area (Å²) in [6, 6.07) is 23.1. The number of rotatable bonds is 11. The molecule has 0 fully saturated rings. The Morgan fingerprint density at radius 1 is 0.947 bits per heavy atom. The van der Waals surface area contributed by atoms with E-state index in [0.717, 1.165) is 11.3 Å². The Kier molecular flexibility index (Phi) is 9.14. The van der Waals surface area contributed by atoms with Crippen molar-refractivity contribution in [3.05, 3.63) is 84.4 Å². The number of hydrazone groups is 1. The molecule has 194 valence electrons. The van der Waals surface area contributed by atoms with E-state index in [9.17, 15) is 4.79 Å². The van der Waals surface area contributed by atoms with Gasteiger partial charge < -0.3 is 14.2 Å². The van der Waals surface area contributed by atoms with Gasteiger partial charge in [0, 0.05) is 17.5 Å². The molecule has 1 amide bonds. The number of nitrogens with one attached hydrogen (secondary N) is 1. The number of methoxy groups -OCH3 is 3. The number of carbonyl (C=O) groups excluding carboxylic acids is 1. The van der Waals surface area contributed by atoms with Crippen LogP contribution in [0.3, 0.4) is 0 Å². The average molecular weight is 530 g/mol. The zero-order chi connectivity index (χ0) is 26.7. The number of para-hydroxylation sites is 1. The normalized spacial score (nSPS) is 11.1. The third-order valence-electron chi connectivity index (χ3n) is 5.34. The highest BCUT2D eigenvalue weighted by atomic mass is 32.2. The number of allylic oxidation sites excluding steroid dienone is 1. The molecule has 0 spiro atoms.